The third-order valence-corrected chi connectivity index (χ3v) is 3.00. The van der Waals surface area contributed by atoms with Crippen LogP contribution in [0.15, 0.2) is 17.1 Å². The fourth-order valence-electron chi connectivity index (χ4n) is 1.57. The van der Waals surface area contributed by atoms with E-state index in [1.165, 1.54) is 0 Å². The normalized spacial score (nSPS) is 16.5. The molecule has 1 fully saturated rings. The average molecular weight is 275 g/mol. The Hall–Kier alpha value is -1.36. The summed E-state index contributed by atoms with van der Waals surface area (Å²) in [7, 11) is 0. The topological polar surface area (TPSA) is 47.6 Å². The molecule has 0 heterocycles. The summed E-state index contributed by atoms with van der Waals surface area (Å²) in [5.74, 6) is -1.79. The van der Waals surface area contributed by atoms with Gasteiger partial charge in [-0.2, -0.15) is 0 Å². The van der Waals surface area contributed by atoms with Crippen molar-refractivity contribution in [2.75, 3.05) is 5.88 Å². The van der Waals surface area contributed by atoms with E-state index in [-0.39, 0.29) is 29.3 Å². The van der Waals surface area contributed by atoms with Gasteiger partial charge in [0, 0.05) is 12.1 Å². The van der Waals surface area contributed by atoms with Crippen LogP contribution in [0.1, 0.15) is 19.3 Å². The number of nitrogens with zero attached hydrogens (tertiary/aromatic N) is 1. The predicted molar refractivity (Wildman–Crippen MR) is 66.6 cm³/mol. The number of aliphatic imine (C=N–C) groups is 1. The Balaban J connectivity index is 2.22. The molecule has 1 aliphatic carbocycles. The van der Waals surface area contributed by atoms with Gasteiger partial charge in [0.1, 0.15) is 5.84 Å². The second kappa shape index (κ2) is 5.52. The van der Waals surface area contributed by atoms with E-state index < -0.39 is 11.6 Å². The van der Waals surface area contributed by atoms with E-state index in [9.17, 15) is 8.78 Å². The highest BCUT2D eigenvalue weighted by Gasteiger charge is 2.23. The third kappa shape index (κ3) is 2.90. The molecule has 18 heavy (non-hydrogen) atoms. The summed E-state index contributed by atoms with van der Waals surface area (Å²) in [5.41, 5.74) is 5.48. The lowest BCUT2D eigenvalue weighted by Crippen LogP contribution is -2.25. The van der Waals surface area contributed by atoms with E-state index in [0.29, 0.717) is 0 Å². The zero-order chi connectivity index (χ0) is 13.1. The minimum Gasteiger partial charge on any atom is -0.484 e. The average Bonchev–Trinajstić information content (AvgIpc) is 2.25. The zero-order valence-corrected chi connectivity index (χ0v) is 10.4. The molecule has 3 nitrogen and oxygen atoms in total. The molecule has 1 aromatic carbocycles. The van der Waals surface area contributed by atoms with Crippen LogP contribution in [0.2, 0.25) is 0 Å². The molecule has 0 atom stereocenters. The third-order valence-electron chi connectivity index (χ3n) is 2.73. The van der Waals surface area contributed by atoms with Crippen LogP contribution in [0, 0.1) is 11.6 Å². The first-order valence-corrected chi connectivity index (χ1v) is 6.18. The van der Waals surface area contributed by atoms with Crippen LogP contribution in [-0.2, 0) is 0 Å². The number of hydrogen-bond donors (Lipinski definition) is 1. The van der Waals surface area contributed by atoms with Crippen LogP contribution < -0.4 is 10.5 Å². The lowest BCUT2D eigenvalue weighted by molar-refractivity contribution is 0.109. The quantitative estimate of drug-likeness (QED) is 0.521. The Morgan fingerprint density at radius 1 is 1.39 bits per heavy atom. The summed E-state index contributed by atoms with van der Waals surface area (Å²) in [5, 5.41) is 0. The van der Waals surface area contributed by atoms with Crippen molar-refractivity contribution in [2.24, 2.45) is 10.7 Å². The molecule has 0 spiro atoms. The van der Waals surface area contributed by atoms with E-state index in [2.05, 4.69) is 4.99 Å². The van der Waals surface area contributed by atoms with Crippen molar-refractivity contribution in [1.82, 2.24) is 0 Å². The Bertz CT molecular complexity index is 452. The van der Waals surface area contributed by atoms with Crippen molar-refractivity contribution in [3.05, 3.63) is 23.8 Å². The number of halogens is 3. The summed E-state index contributed by atoms with van der Waals surface area (Å²) in [6, 6.07) is 2.16. The van der Waals surface area contributed by atoms with Crippen molar-refractivity contribution in [3.63, 3.8) is 0 Å². The summed E-state index contributed by atoms with van der Waals surface area (Å²) >= 11 is 5.44. The standard InChI is InChI=1S/C12H13ClF2N2O/c13-6-11(16)17-7-4-9(14)12(10(15)5-7)18-8-2-1-3-8/h4-5,8H,1-3,6H2,(H2,16,17). The van der Waals surface area contributed by atoms with Gasteiger partial charge < -0.3 is 10.5 Å². The van der Waals surface area contributed by atoms with Gasteiger partial charge in [-0.15, -0.1) is 11.6 Å². The van der Waals surface area contributed by atoms with Gasteiger partial charge in [-0.3, -0.25) is 0 Å². The minimum atomic E-state index is -0.775. The van der Waals surface area contributed by atoms with Crippen LogP contribution in [0.4, 0.5) is 14.5 Å². The largest absolute Gasteiger partial charge is 0.484 e. The Morgan fingerprint density at radius 2 is 2.00 bits per heavy atom. The molecule has 1 aromatic rings. The molecule has 0 saturated heterocycles. The number of hydrogen-bond acceptors (Lipinski definition) is 2. The van der Waals surface area contributed by atoms with Crippen LogP contribution in [-0.4, -0.2) is 17.8 Å². The van der Waals surface area contributed by atoms with Crippen LogP contribution in [0.5, 0.6) is 5.75 Å². The maximum atomic E-state index is 13.7. The van der Waals surface area contributed by atoms with Crippen LogP contribution >= 0.6 is 11.6 Å². The molecule has 0 radical (unpaired) electrons. The number of rotatable bonds is 4. The second-order valence-electron chi connectivity index (χ2n) is 4.15. The first-order chi connectivity index (χ1) is 8.60. The summed E-state index contributed by atoms with van der Waals surface area (Å²) in [6.45, 7) is 0. The van der Waals surface area contributed by atoms with Gasteiger partial charge in [0.15, 0.2) is 17.4 Å². The van der Waals surface area contributed by atoms with Crippen LogP contribution in [0.3, 0.4) is 0 Å². The molecule has 6 heteroatoms. The molecule has 0 aliphatic heterocycles. The van der Waals surface area contributed by atoms with Gasteiger partial charge in [-0.25, -0.2) is 13.8 Å². The van der Waals surface area contributed by atoms with Gasteiger partial charge in [0.05, 0.1) is 17.7 Å². The lowest BCUT2D eigenvalue weighted by atomic mass is 9.96. The molecule has 1 aliphatic rings. The maximum absolute atomic E-state index is 13.7. The highest BCUT2D eigenvalue weighted by atomic mass is 35.5. The summed E-state index contributed by atoms with van der Waals surface area (Å²) in [4.78, 5) is 3.78. The Labute approximate surface area is 109 Å². The molecule has 0 amide bonds. The monoisotopic (exact) mass is 274 g/mol. The minimum absolute atomic E-state index is 0.00354. The van der Waals surface area contributed by atoms with E-state index in [1.807, 2.05) is 0 Å². The van der Waals surface area contributed by atoms with Gasteiger partial charge in [0.25, 0.3) is 0 Å². The van der Waals surface area contributed by atoms with Crippen molar-refractivity contribution >= 4 is 23.1 Å². The molecule has 0 aromatic heterocycles. The SMILES string of the molecule is NC(CCl)=Nc1cc(F)c(OC2CCC2)c(F)c1. The van der Waals surface area contributed by atoms with Crippen molar-refractivity contribution in [3.8, 4) is 5.75 Å². The molecule has 98 valence electrons. The summed E-state index contributed by atoms with van der Waals surface area (Å²) in [6.07, 6.45) is 2.61. The molecular weight excluding hydrogens is 262 g/mol. The number of ether oxygens (including phenoxy) is 1. The Morgan fingerprint density at radius 3 is 2.44 bits per heavy atom. The van der Waals surface area contributed by atoms with Gasteiger partial charge >= 0.3 is 0 Å². The maximum Gasteiger partial charge on any atom is 0.191 e. The van der Waals surface area contributed by atoms with E-state index >= 15 is 0 Å². The Kier molecular flexibility index (Phi) is 4.01. The summed E-state index contributed by atoms with van der Waals surface area (Å²) < 4.78 is 32.6. The van der Waals surface area contributed by atoms with E-state index in [0.717, 1.165) is 31.4 Å². The lowest BCUT2D eigenvalue weighted by Gasteiger charge is -2.26. The first-order valence-electron chi connectivity index (χ1n) is 5.65. The van der Waals surface area contributed by atoms with E-state index in [4.69, 9.17) is 22.1 Å². The molecule has 0 bridgehead atoms. The fourth-order valence-corrected chi connectivity index (χ4v) is 1.63. The number of amidine groups is 1. The molecular formula is C12H13ClF2N2O. The fraction of sp³-hybridized carbons (Fsp3) is 0.417. The number of nitrogens with two attached hydrogens (primary N) is 1. The molecule has 2 rings (SSSR count). The van der Waals surface area contributed by atoms with Gasteiger partial charge in [0.2, 0.25) is 0 Å². The van der Waals surface area contributed by atoms with Crippen molar-refractivity contribution in [1.29, 1.82) is 0 Å². The highest BCUT2D eigenvalue weighted by Crippen LogP contribution is 2.31. The second-order valence-corrected chi connectivity index (χ2v) is 4.41. The van der Waals surface area contributed by atoms with E-state index in [1.54, 1.807) is 0 Å². The molecule has 0 unspecified atom stereocenters. The van der Waals surface area contributed by atoms with Crippen LogP contribution in [0.25, 0.3) is 0 Å². The first kappa shape index (κ1) is 13.1. The van der Waals surface area contributed by atoms with Crippen molar-refractivity contribution in [2.45, 2.75) is 25.4 Å². The smallest absolute Gasteiger partial charge is 0.191 e. The number of alkyl halides is 1. The number of benzene rings is 1. The van der Waals surface area contributed by atoms with Gasteiger partial charge in [-0.05, 0) is 19.3 Å². The molecule has 2 N–H and O–H groups in total. The predicted octanol–water partition coefficient (Wildman–Crippen LogP) is 3.12. The highest BCUT2D eigenvalue weighted by molar-refractivity contribution is 6.28. The molecule has 1 saturated carbocycles. The van der Waals surface area contributed by atoms with Crippen molar-refractivity contribution < 1.29 is 13.5 Å². The zero-order valence-electron chi connectivity index (χ0n) is 9.63. The van der Waals surface area contributed by atoms with Gasteiger partial charge in [-0.1, -0.05) is 0 Å².